The maximum atomic E-state index is 12.4. The lowest BCUT2D eigenvalue weighted by Crippen LogP contribution is -2.42. The van der Waals surface area contributed by atoms with E-state index in [9.17, 15) is 9.59 Å². The third kappa shape index (κ3) is 5.10. The van der Waals surface area contributed by atoms with Gasteiger partial charge in [-0.05, 0) is 31.4 Å². The lowest BCUT2D eigenvalue weighted by atomic mass is 10.0. The molecule has 1 rings (SSSR count). The lowest BCUT2D eigenvalue weighted by molar-refractivity contribution is -0.143. The maximum absolute atomic E-state index is 12.4. The van der Waals surface area contributed by atoms with Crippen LogP contribution < -0.4 is 10.1 Å². The van der Waals surface area contributed by atoms with Crippen LogP contribution in [0.4, 0.5) is 0 Å². The molecule has 0 saturated heterocycles. The molecular formula is C16H23NO4. The van der Waals surface area contributed by atoms with Crippen molar-refractivity contribution in [2.45, 2.75) is 33.2 Å². The summed E-state index contributed by atoms with van der Waals surface area (Å²) >= 11 is 0. The average Bonchev–Trinajstić information content (AvgIpc) is 2.46. The van der Waals surface area contributed by atoms with Gasteiger partial charge in [-0.15, -0.1) is 0 Å². The predicted molar refractivity (Wildman–Crippen MR) is 80.3 cm³/mol. The Morgan fingerprint density at radius 1 is 1.24 bits per heavy atom. The van der Waals surface area contributed by atoms with Gasteiger partial charge in [0.25, 0.3) is 5.91 Å². The Labute approximate surface area is 125 Å². The first-order valence-electron chi connectivity index (χ1n) is 7.10. The zero-order chi connectivity index (χ0) is 15.8. The van der Waals surface area contributed by atoms with Crippen LogP contribution in [0.5, 0.6) is 5.75 Å². The van der Waals surface area contributed by atoms with E-state index in [1.165, 1.54) is 7.11 Å². The summed E-state index contributed by atoms with van der Waals surface area (Å²) in [6.07, 6.45) is 0.523. The first-order valence-corrected chi connectivity index (χ1v) is 7.10. The van der Waals surface area contributed by atoms with Crippen LogP contribution in [0.15, 0.2) is 24.3 Å². The van der Waals surface area contributed by atoms with Gasteiger partial charge in [-0.1, -0.05) is 26.0 Å². The standard InChI is InChI=1S/C16H23NO4/c1-5-21-14-9-7-6-8-12(14)15(18)17-13(10-11(2)3)16(19)20-4/h6-9,11,13H,5,10H2,1-4H3,(H,17,18). The van der Waals surface area contributed by atoms with E-state index in [2.05, 4.69) is 5.32 Å². The molecule has 0 aliphatic rings. The lowest BCUT2D eigenvalue weighted by Gasteiger charge is -2.19. The quantitative estimate of drug-likeness (QED) is 0.784. The number of para-hydroxylation sites is 1. The third-order valence-electron chi connectivity index (χ3n) is 2.93. The molecule has 1 aromatic carbocycles. The number of carbonyl (C=O) groups excluding carboxylic acids is 2. The molecule has 0 spiro atoms. The number of rotatable bonds is 7. The molecule has 0 bridgehead atoms. The molecule has 0 saturated carbocycles. The SMILES string of the molecule is CCOc1ccccc1C(=O)NC(CC(C)C)C(=O)OC. The van der Waals surface area contributed by atoms with E-state index in [1.807, 2.05) is 20.8 Å². The first kappa shape index (κ1) is 17.0. The van der Waals surface area contributed by atoms with Crippen LogP contribution in [-0.4, -0.2) is 31.6 Å². The molecular weight excluding hydrogens is 270 g/mol. The highest BCUT2D eigenvalue weighted by Gasteiger charge is 2.24. The van der Waals surface area contributed by atoms with E-state index < -0.39 is 12.0 Å². The van der Waals surface area contributed by atoms with Crippen molar-refractivity contribution < 1.29 is 19.1 Å². The number of hydrogen-bond donors (Lipinski definition) is 1. The van der Waals surface area contributed by atoms with E-state index >= 15 is 0 Å². The van der Waals surface area contributed by atoms with Gasteiger partial charge in [0.2, 0.25) is 0 Å². The number of hydrogen-bond acceptors (Lipinski definition) is 4. The van der Waals surface area contributed by atoms with Crippen LogP contribution in [0.2, 0.25) is 0 Å². The molecule has 116 valence electrons. The molecule has 0 heterocycles. The number of nitrogens with one attached hydrogen (secondary N) is 1. The molecule has 0 fully saturated rings. The van der Waals surface area contributed by atoms with Crippen molar-refractivity contribution in [1.82, 2.24) is 5.32 Å². The van der Waals surface area contributed by atoms with Gasteiger partial charge in [0.15, 0.2) is 0 Å². The van der Waals surface area contributed by atoms with Crippen molar-refractivity contribution in [2.24, 2.45) is 5.92 Å². The smallest absolute Gasteiger partial charge is 0.328 e. The van der Waals surface area contributed by atoms with Crippen molar-refractivity contribution >= 4 is 11.9 Å². The minimum Gasteiger partial charge on any atom is -0.493 e. The highest BCUT2D eigenvalue weighted by molar-refractivity contribution is 5.99. The summed E-state index contributed by atoms with van der Waals surface area (Å²) in [7, 11) is 1.32. The Kier molecular flexibility index (Phi) is 6.72. The molecule has 1 N–H and O–H groups in total. The summed E-state index contributed by atoms with van der Waals surface area (Å²) in [5.74, 6) is -0.0109. The van der Waals surface area contributed by atoms with Gasteiger partial charge < -0.3 is 14.8 Å². The number of ether oxygens (including phenoxy) is 2. The molecule has 0 aliphatic carbocycles. The van der Waals surface area contributed by atoms with Crippen molar-refractivity contribution in [3.8, 4) is 5.75 Å². The average molecular weight is 293 g/mol. The van der Waals surface area contributed by atoms with Crippen LogP contribution in [0.1, 0.15) is 37.6 Å². The summed E-state index contributed by atoms with van der Waals surface area (Å²) in [4.78, 5) is 24.1. The predicted octanol–water partition coefficient (Wildman–Crippen LogP) is 2.40. The van der Waals surface area contributed by atoms with Crippen LogP contribution in [-0.2, 0) is 9.53 Å². The molecule has 1 aromatic rings. The molecule has 1 unspecified atom stereocenters. The third-order valence-corrected chi connectivity index (χ3v) is 2.93. The fourth-order valence-corrected chi connectivity index (χ4v) is 2.00. The monoisotopic (exact) mass is 293 g/mol. The second kappa shape index (κ2) is 8.29. The van der Waals surface area contributed by atoms with Gasteiger partial charge in [-0.2, -0.15) is 0 Å². The van der Waals surface area contributed by atoms with Crippen molar-refractivity contribution in [1.29, 1.82) is 0 Å². The van der Waals surface area contributed by atoms with Gasteiger partial charge in [0.05, 0.1) is 19.3 Å². The highest BCUT2D eigenvalue weighted by atomic mass is 16.5. The van der Waals surface area contributed by atoms with Gasteiger partial charge >= 0.3 is 5.97 Å². The second-order valence-electron chi connectivity index (χ2n) is 5.11. The molecule has 21 heavy (non-hydrogen) atoms. The van der Waals surface area contributed by atoms with Gasteiger partial charge in [-0.3, -0.25) is 4.79 Å². The van der Waals surface area contributed by atoms with E-state index in [1.54, 1.807) is 24.3 Å². The number of esters is 1. The first-order chi connectivity index (χ1) is 9.99. The van der Waals surface area contributed by atoms with Crippen molar-refractivity contribution in [3.05, 3.63) is 29.8 Å². The summed E-state index contributed by atoms with van der Waals surface area (Å²) in [5, 5.41) is 2.72. The Morgan fingerprint density at radius 2 is 1.90 bits per heavy atom. The zero-order valence-corrected chi connectivity index (χ0v) is 13.0. The minimum absolute atomic E-state index is 0.261. The van der Waals surface area contributed by atoms with Crippen LogP contribution in [0.25, 0.3) is 0 Å². The molecule has 0 aromatic heterocycles. The number of carbonyl (C=O) groups is 2. The van der Waals surface area contributed by atoms with Crippen LogP contribution >= 0.6 is 0 Å². The molecule has 1 amide bonds. The Balaban J connectivity index is 2.89. The fraction of sp³-hybridized carbons (Fsp3) is 0.500. The maximum Gasteiger partial charge on any atom is 0.328 e. The van der Waals surface area contributed by atoms with E-state index in [-0.39, 0.29) is 11.8 Å². The molecule has 0 aliphatic heterocycles. The minimum atomic E-state index is -0.655. The Morgan fingerprint density at radius 3 is 2.48 bits per heavy atom. The van der Waals surface area contributed by atoms with Gasteiger partial charge in [-0.25, -0.2) is 4.79 Å². The largest absolute Gasteiger partial charge is 0.493 e. The van der Waals surface area contributed by atoms with Crippen molar-refractivity contribution in [2.75, 3.05) is 13.7 Å². The zero-order valence-electron chi connectivity index (χ0n) is 13.0. The number of methoxy groups -OCH3 is 1. The van der Waals surface area contributed by atoms with E-state index in [0.29, 0.717) is 24.3 Å². The summed E-state index contributed by atoms with van der Waals surface area (Å²) in [6.45, 7) is 6.29. The Bertz CT molecular complexity index is 485. The topological polar surface area (TPSA) is 64.6 Å². The summed E-state index contributed by atoms with van der Waals surface area (Å²) < 4.78 is 10.2. The normalized spacial score (nSPS) is 11.9. The van der Waals surface area contributed by atoms with Crippen LogP contribution in [0.3, 0.4) is 0 Å². The van der Waals surface area contributed by atoms with Crippen LogP contribution in [0, 0.1) is 5.92 Å². The van der Waals surface area contributed by atoms with E-state index in [4.69, 9.17) is 9.47 Å². The molecule has 1 atom stereocenters. The molecule has 5 heteroatoms. The molecule has 0 radical (unpaired) electrons. The summed E-state index contributed by atoms with van der Waals surface area (Å²) in [6, 6.07) is 6.30. The summed E-state index contributed by atoms with van der Waals surface area (Å²) in [5.41, 5.74) is 0.414. The number of amides is 1. The number of benzene rings is 1. The van der Waals surface area contributed by atoms with Gasteiger partial charge in [0.1, 0.15) is 11.8 Å². The Hall–Kier alpha value is -2.04. The second-order valence-corrected chi connectivity index (χ2v) is 5.11. The highest BCUT2D eigenvalue weighted by Crippen LogP contribution is 2.18. The fourth-order valence-electron chi connectivity index (χ4n) is 2.00. The molecule has 5 nitrogen and oxygen atoms in total. The van der Waals surface area contributed by atoms with Crippen molar-refractivity contribution in [3.63, 3.8) is 0 Å². The van der Waals surface area contributed by atoms with Gasteiger partial charge in [0, 0.05) is 0 Å². The van der Waals surface area contributed by atoms with E-state index in [0.717, 1.165) is 0 Å².